The van der Waals surface area contributed by atoms with Gasteiger partial charge in [-0.25, -0.2) is 4.98 Å². The van der Waals surface area contributed by atoms with Crippen molar-refractivity contribution in [3.63, 3.8) is 0 Å². The molecule has 1 aliphatic heterocycles. The Labute approximate surface area is 207 Å². The van der Waals surface area contributed by atoms with Crippen molar-refractivity contribution in [1.82, 2.24) is 29.5 Å². The third-order valence-corrected chi connectivity index (χ3v) is 7.40. The maximum Gasteiger partial charge on any atom is 0.317 e. The number of aromatic nitrogens is 4. The summed E-state index contributed by atoms with van der Waals surface area (Å²) in [6, 6.07) is 0. The molecule has 0 bridgehead atoms. The summed E-state index contributed by atoms with van der Waals surface area (Å²) in [5.41, 5.74) is 1.68. The van der Waals surface area contributed by atoms with Crippen LogP contribution in [0, 0.1) is 5.92 Å². The van der Waals surface area contributed by atoms with Crippen LogP contribution in [-0.4, -0.2) is 93.0 Å². The van der Waals surface area contributed by atoms with Gasteiger partial charge >= 0.3 is 5.97 Å². The van der Waals surface area contributed by atoms with Gasteiger partial charge in [-0.15, -0.1) is 0 Å². The molecule has 35 heavy (non-hydrogen) atoms. The first kappa shape index (κ1) is 25.6. The van der Waals surface area contributed by atoms with E-state index >= 15 is 0 Å². The summed E-state index contributed by atoms with van der Waals surface area (Å²) in [6.07, 6.45) is 6.28. The Balaban J connectivity index is 1.55. The molecule has 2 aromatic rings. The number of aromatic amines is 1. The minimum Gasteiger partial charge on any atom is -0.480 e. The fourth-order valence-electron chi connectivity index (χ4n) is 5.41. The molecule has 1 aliphatic carbocycles. The lowest BCUT2D eigenvalue weighted by Gasteiger charge is -2.36. The fraction of sp³-hybridized carbons (Fsp3) is 0.760. The second kappa shape index (κ2) is 10.7. The molecule has 0 atom stereocenters. The number of carboxylic acid groups (broad SMARTS) is 1. The molecule has 2 aromatic heterocycles. The lowest BCUT2D eigenvalue weighted by Crippen LogP contribution is -2.50. The van der Waals surface area contributed by atoms with E-state index in [-0.39, 0.29) is 17.5 Å². The van der Waals surface area contributed by atoms with Gasteiger partial charge in [-0.3, -0.25) is 29.1 Å². The monoisotopic (exact) mass is 487 g/mol. The molecule has 1 saturated carbocycles. The van der Waals surface area contributed by atoms with Gasteiger partial charge in [0.15, 0.2) is 5.52 Å². The van der Waals surface area contributed by atoms with Crippen LogP contribution >= 0.6 is 0 Å². The first-order valence-electron chi connectivity index (χ1n) is 13.0. The number of hydrogen-bond acceptors (Lipinski definition) is 7. The zero-order chi connectivity index (χ0) is 25.2. The predicted molar refractivity (Wildman–Crippen MR) is 137 cm³/mol. The first-order valence-corrected chi connectivity index (χ1v) is 13.0. The highest BCUT2D eigenvalue weighted by Gasteiger charge is 2.27. The number of rotatable bonds is 8. The number of nitrogens with one attached hydrogen (secondary N) is 1. The third-order valence-electron chi connectivity index (χ3n) is 7.40. The molecule has 0 aromatic carbocycles. The van der Waals surface area contributed by atoms with Crippen molar-refractivity contribution in [3.8, 4) is 0 Å². The van der Waals surface area contributed by atoms with Crippen molar-refractivity contribution in [2.45, 2.75) is 58.3 Å². The summed E-state index contributed by atoms with van der Waals surface area (Å²) >= 11 is 0. The van der Waals surface area contributed by atoms with Crippen molar-refractivity contribution >= 4 is 23.0 Å². The number of carbonyl (C=O) groups is 1. The lowest BCUT2D eigenvalue weighted by molar-refractivity contribution is -0.138. The zero-order valence-corrected chi connectivity index (χ0v) is 21.7. The van der Waals surface area contributed by atoms with Crippen molar-refractivity contribution in [3.05, 3.63) is 16.0 Å². The highest BCUT2D eigenvalue weighted by Crippen LogP contribution is 2.29. The Morgan fingerprint density at radius 2 is 1.77 bits per heavy atom. The Morgan fingerprint density at radius 1 is 1.11 bits per heavy atom. The molecule has 2 aliphatic rings. The standard InChI is InChI=1S/C25H41N7O3/c1-25(2,3)22-20-21(29(4)28-22)23(35)27-24(26-20)32(16-18-8-6-5-7-9-18)15-14-30-10-12-31(13-11-30)17-19(33)34/h18H,5-17H2,1-4H3,(H,33,34)(H,26,27,35). The molecule has 10 nitrogen and oxygen atoms in total. The quantitative estimate of drug-likeness (QED) is 0.582. The molecule has 0 amide bonds. The third kappa shape index (κ3) is 6.22. The molecule has 2 fully saturated rings. The lowest BCUT2D eigenvalue weighted by atomic mass is 9.89. The van der Waals surface area contributed by atoms with Gasteiger partial charge in [0.2, 0.25) is 5.95 Å². The van der Waals surface area contributed by atoms with Crippen LogP contribution in [0.5, 0.6) is 0 Å². The van der Waals surface area contributed by atoms with Gasteiger partial charge in [-0.2, -0.15) is 5.10 Å². The summed E-state index contributed by atoms with van der Waals surface area (Å²) in [7, 11) is 1.80. The van der Waals surface area contributed by atoms with E-state index in [1.54, 1.807) is 11.7 Å². The van der Waals surface area contributed by atoms with Crippen molar-refractivity contribution in [2.24, 2.45) is 13.0 Å². The summed E-state index contributed by atoms with van der Waals surface area (Å²) in [6.45, 7) is 12.1. The van der Waals surface area contributed by atoms with Crippen molar-refractivity contribution in [2.75, 3.05) is 57.3 Å². The number of anilines is 1. The van der Waals surface area contributed by atoms with Gasteiger partial charge in [-0.05, 0) is 18.8 Å². The number of aryl methyl sites for hydroxylation is 1. The summed E-state index contributed by atoms with van der Waals surface area (Å²) in [4.78, 5) is 38.9. The van der Waals surface area contributed by atoms with Crippen LogP contribution in [0.1, 0.15) is 58.6 Å². The van der Waals surface area contributed by atoms with Crippen LogP contribution in [0.4, 0.5) is 5.95 Å². The molecule has 4 rings (SSSR count). The van der Waals surface area contributed by atoms with Gasteiger partial charge in [-0.1, -0.05) is 40.0 Å². The van der Waals surface area contributed by atoms with E-state index < -0.39 is 5.97 Å². The number of nitrogens with zero attached hydrogens (tertiary/aromatic N) is 6. The summed E-state index contributed by atoms with van der Waals surface area (Å²) in [5, 5.41) is 13.7. The Bertz CT molecular complexity index is 1070. The zero-order valence-electron chi connectivity index (χ0n) is 21.7. The van der Waals surface area contributed by atoms with Crippen molar-refractivity contribution < 1.29 is 9.90 Å². The molecule has 194 valence electrons. The Kier molecular flexibility index (Phi) is 7.80. The first-order chi connectivity index (χ1) is 16.6. The van der Waals surface area contributed by atoms with Crippen LogP contribution in [0.15, 0.2) is 4.79 Å². The topological polar surface area (TPSA) is 111 Å². The number of H-pyrrole nitrogens is 1. The van der Waals surface area contributed by atoms with Crippen LogP contribution in [0.25, 0.3) is 11.0 Å². The van der Waals surface area contributed by atoms with Crippen LogP contribution in [-0.2, 0) is 17.3 Å². The number of hydrogen-bond donors (Lipinski definition) is 2. The highest BCUT2D eigenvalue weighted by atomic mass is 16.4. The van der Waals surface area contributed by atoms with E-state index in [9.17, 15) is 9.59 Å². The fourth-order valence-corrected chi connectivity index (χ4v) is 5.41. The second-order valence-corrected chi connectivity index (χ2v) is 11.3. The summed E-state index contributed by atoms with van der Waals surface area (Å²) in [5.74, 6) is 0.469. The van der Waals surface area contributed by atoms with Gasteiger partial charge in [0.05, 0.1) is 12.2 Å². The second-order valence-electron chi connectivity index (χ2n) is 11.3. The smallest absolute Gasteiger partial charge is 0.317 e. The molecule has 3 heterocycles. The van der Waals surface area contributed by atoms with Gasteiger partial charge in [0.1, 0.15) is 5.52 Å². The van der Waals surface area contributed by atoms with Gasteiger partial charge in [0, 0.05) is 58.3 Å². The summed E-state index contributed by atoms with van der Waals surface area (Å²) < 4.78 is 1.65. The average molecular weight is 488 g/mol. The van der Waals surface area contributed by atoms with Crippen molar-refractivity contribution in [1.29, 1.82) is 0 Å². The van der Waals surface area contributed by atoms with E-state index in [2.05, 4.69) is 40.7 Å². The Morgan fingerprint density at radius 3 is 2.40 bits per heavy atom. The number of carboxylic acids is 1. The normalized spacial score (nSPS) is 18.9. The van der Waals surface area contributed by atoms with E-state index in [1.165, 1.54) is 32.1 Å². The molecule has 0 spiro atoms. The van der Waals surface area contributed by atoms with E-state index in [0.29, 0.717) is 22.9 Å². The minimum absolute atomic E-state index is 0.105. The predicted octanol–water partition coefficient (Wildman–Crippen LogP) is 2.04. The Hall–Kier alpha value is -2.46. The number of fused-ring (bicyclic) bond motifs is 1. The van der Waals surface area contributed by atoms with Gasteiger partial charge < -0.3 is 10.0 Å². The van der Waals surface area contributed by atoms with Crippen LogP contribution in [0.3, 0.4) is 0 Å². The van der Waals surface area contributed by atoms with Gasteiger partial charge in [0.25, 0.3) is 5.56 Å². The molecule has 0 radical (unpaired) electrons. The molecular formula is C25H41N7O3. The molecule has 10 heteroatoms. The highest BCUT2D eigenvalue weighted by molar-refractivity contribution is 5.78. The van der Waals surface area contributed by atoms with Crippen LogP contribution < -0.4 is 10.5 Å². The molecule has 2 N–H and O–H groups in total. The minimum atomic E-state index is -0.771. The van der Waals surface area contributed by atoms with E-state index in [0.717, 1.165) is 51.5 Å². The van der Waals surface area contributed by atoms with E-state index in [4.69, 9.17) is 10.1 Å². The largest absolute Gasteiger partial charge is 0.480 e. The average Bonchev–Trinajstić information content (AvgIpc) is 3.15. The van der Waals surface area contributed by atoms with Crippen LogP contribution in [0.2, 0.25) is 0 Å². The SMILES string of the molecule is Cn1nc(C(C)(C)C)c2nc(N(CCN3CCN(CC(=O)O)CC3)CC3CCCCC3)[nH]c(=O)c21. The van der Waals surface area contributed by atoms with E-state index in [1.807, 2.05) is 4.90 Å². The number of piperazine rings is 1. The number of aliphatic carboxylic acids is 1. The molecular weight excluding hydrogens is 446 g/mol. The molecule has 1 saturated heterocycles. The molecule has 0 unspecified atom stereocenters. The maximum atomic E-state index is 13.1. The maximum absolute atomic E-state index is 13.1.